The Morgan fingerprint density at radius 2 is 1.68 bits per heavy atom. The fraction of sp³-hybridized carbons (Fsp3) is 0.629. The SMILES string of the molecule is C=CC(=O)Nc1cc(N)nc(Sc2c(OC)nc(N3CCN(CCOCCOCCOCCNC(=O)CCCCC4SCC5NC(=O)NC54)CC3)nc2OC)n1. The molecule has 3 fully saturated rings. The smallest absolute Gasteiger partial charge is 0.315 e. The molecule has 0 aromatic carbocycles. The van der Waals surface area contributed by atoms with Gasteiger partial charge in [-0.3, -0.25) is 14.5 Å². The number of urea groups is 1. The van der Waals surface area contributed by atoms with E-state index in [1.165, 1.54) is 20.3 Å². The number of nitrogens with zero attached hydrogens (tertiary/aromatic N) is 6. The van der Waals surface area contributed by atoms with Gasteiger partial charge in [0.15, 0.2) is 5.16 Å². The Kier molecular flexibility index (Phi) is 17.3. The molecule has 4 amide bonds. The second-order valence-corrected chi connectivity index (χ2v) is 15.3. The Labute approximate surface area is 335 Å². The number of unbranched alkanes of at least 4 members (excludes halogenated alkanes) is 1. The molecule has 21 heteroatoms. The van der Waals surface area contributed by atoms with Gasteiger partial charge in [0.25, 0.3) is 0 Å². The summed E-state index contributed by atoms with van der Waals surface area (Å²) in [7, 11) is 3.03. The number of aromatic nitrogens is 4. The molecule has 0 radical (unpaired) electrons. The Bertz CT molecular complexity index is 1600. The normalized spacial score (nSPS) is 19.2. The first-order valence-electron chi connectivity index (χ1n) is 18.7. The first kappa shape index (κ1) is 43.0. The molecule has 308 valence electrons. The predicted octanol–water partition coefficient (Wildman–Crippen LogP) is 1.16. The largest absolute Gasteiger partial charge is 0.480 e. The topological polar surface area (TPSA) is 230 Å². The van der Waals surface area contributed by atoms with Gasteiger partial charge in [-0.15, -0.1) is 0 Å². The highest BCUT2D eigenvalue weighted by molar-refractivity contribution is 8.00. The van der Waals surface area contributed by atoms with Gasteiger partial charge in [-0.05, 0) is 30.7 Å². The van der Waals surface area contributed by atoms with Gasteiger partial charge in [0.05, 0.1) is 65.9 Å². The quantitative estimate of drug-likeness (QED) is 0.0433. The number of amides is 4. The summed E-state index contributed by atoms with van der Waals surface area (Å²) in [5.74, 6) is 2.03. The lowest BCUT2D eigenvalue weighted by atomic mass is 10.0. The van der Waals surface area contributed by atoms with Gasteiger partial charge in [0, 0.05) is 62.8 Å². The third-order valence-electron chi connectivity index (χ3n) is 9.13. The fourth-order valence-corrected chi connectivity index (χ4v) is 8.71. The molecule has 3 aliphatic rings. The molecule has 3 unspecified atom stereocenters. The first-order valence-corrected chi connectivity index (χ1v) is 20.5. The number of ether oxygens (including phenoxy) is 5. The highest BCUT2D eigenvalue weighted by Crippen LogP contribution is 2.40. The molecule has 6 N–H and O–H groups in total. The van der Waals surface area contributed by atoms with Crippen LogP contribution in [-0.2, 0) is 23.8 Å². The maximum absolute atomic E-state index is 12.1. The van der Waals surface area contributed by atoms with Gasteiger partial charge >= 0.3 is 6.03 Å². The molecule has 2 aromatic rings. The molecule has 3 atom stereocenters. The van der Waals surface area contributed by atoms with Crippen LogP contribution in [0.15, 0.2) is 28.8 Å². The van der Waals surface area contributed by atoms with Crippen molar-refractivity contribution >= 4 is 59.0 Å². The zero-order valence-electron chi connectivity index (χ0n) is 32.0. The van der Waals surface area contributed by atoms with E-state index in [4.69, 9.17) is 29.4 Å². The molecule has 0 bridgehead atoms. The number of anilines is 3. The molecular weight excluding hydrogens is 767 g/mol. The number of nitrogens with two attached hydrogens (primary N) is 1. The average molecular weight is 820 g/mol. The van der Waals surface area contributed by atoms with Gasteiger partial charge in [-0.2, -0.15) is 21.7 Å². The van der Waals surface area contributed by atoms with Crippen molar-refractivity contribution < 1.29 is 38.1 Å². The van der Waals surface area contributed by atoms with Crippen LogP contribution in [0.5, 0.6) is 11.8 Å². The van der Waals surface area contributed by atoms with Gasteiger partial charge in [-0.1, -0.05) is 13.0 Å². The van der Waals surface area contributed by atoms with E-state index in [1.54, 1.807) is 0 Å². The third kappa shape index (κ3) is 13.2. The maximum Gasteiger partial charge on any atom is 0.315 e. The minimum Gasteiger partial charge on any atom is -0.480 e. The van der Waals surface area contributed by atoms with E-state index in [9.17, 15) is 14.4 Å². The predicted molar refractivity (Wildman–Crippen MR) is 213 cm³/mol. The zero-order valence-corrected chi connectivity index (χ0v) is 33.6. The summed E-state index contributed by atoms with van der Waals surface area (Å²) in [6.07, 6.45) is 4.43. The van der Waals surface area contributed by atoms with Gasteiger partial charge < -0.3 is 55.6 Å². The highest BCUT2D eigenvalue weighted by atomic mass is 32.2. The molecule has 0 spiro atoms. The van der Waals surface area contributed by atoms with Crippen LogP contribution < -0.4 is 41.4 Å². The lowest BCUT2D eigenvalue weighted by molar-refractivity contribution is -0.121. The third-order valence-corrected chi connectivity index (χ3v) is 11.6. The molecule has 0 saturated carbocycles. The Morgan fingerprint density at radius 1 is 0.982 bits per heavy atom. The summed E-state index contributed by atoms with van der Waals surface area (Å²) in [5, 5.41) is 12.1. The molecule has 19 nitrogen and oxygen atoms in total. The fourth-order valence-electron chi connectivity index (χ4n) is 6.26. The highest BCUT2D eigenvalue weighted by Gasteiger charge is 2.42. The number of thioether (sulfide) groups is 1. The van der Waals surface area contributed by atoms with Crippen LogP contribution in [0.4, 0.5) is 22.4 Å². The molecule has 56 heavy (non-hydrogen) atoms. The number of carbonyl (C=O) groups excluding carboxylic acids is 3. The monoisotopic (exact) mass is 819 g/mol. The van der Waals surface area contributed by atoms with Crippen molar-refractivity contribution in [1.29, 1.82) is 0 Å². The van der Waals surface area contributed by atoms with Crippen LogP contribution in [0.1, 0.15) is 25.7 Å². The van der Waals surface area contributed by atoms with Crippen LogP contribution in [0.25, 0.3) is 0 Å². The Balaban J connectivity index is 0.879. The second kappa shape index (κ2) is 22.6. The second-order valence-electron chi connectivity index (χ2n) is 13.0. The molecule has 3 aliphatic heterocycles. The molecule has 2 aromatic heterocycles. The van der Waals surface area contributed by atoms with Gasteiger partial charge in [-0.25, -0.2) is 14.8 Å². The summed E-state index contributed by atoms with van der Waals surface area (Å²) in [4.78, 5) is 58.1. The summed E-state index contributed by atoms with van der Waals surface area (Å²) in [6.45, 7) is 10.6. The number of fused-ring (bicyclic) bond motifs is 1. The standard InChI is InChI=1S/C35H53N11O8S2/c1-4-27(47)40-26-21-25(36)39-35(41-26)56-30-31(50-2)43-33(44-32(30)51-3)46-12-10-45(11-13-46)14-16-53-18-20-54-19-17-52-15-9-37-28(48)8-6-5-7-24-29-23(22-55-24)38-34(49)42-29/h4,21,23-24,29H,1,5-20,22H2,2-3H3,(H,37,48)(H2,38,42,49)(H3,36,39,40,41,47). The molecule has 0 aliphatic carbocycles. The minimum atomic E-state index is -0.425. The van der Waals surface area contributed by atoms with Crippen molar-refractivity contribution in [3.8, 4) is 11.8 Å². The number of hydrogen-bond acceptors (Lipinski definition) is 17. The van der Waals surface area contributed by atoms with E-state index in [0.29, 0.717) is 93.6 Å². The van der Waals surface area contributed by atoms with Crippen molar-refractivity contribution in [3.63, 3.8) is 0 Å². The number of carbonyl (C=O) groups is 3. The van der Waals surface area contributed by atoms with E-state index in [2.05, 4.69) is 57.6 Å². The first-order chi connectivity index (χ1) is 27.3. The summed E-state index contributed by atoms with van der Waals surface area (Å²) in [6, 6.07) is 1.83. The molecule has 5 rings (SSSR count). The minimum absolute atomic E-state index is 0.0357. The number of hydrogen-bond donors (Lipinski definition) is 5. The average Bonchev–Trinajstić information content (AvgIpc) is 3.75. The summed E-state index contributed by atoms with van der Waals surface area (Å²) < 4.78 is 28.2. The van der Waals surface area contributed by atoms with E-state index in [-0.39, 0.29) is 40.8 Å². The number of nitrogens with one attached hydrogen (secondary N) is 4. The van der Waals surface area contributed by atoms with Crippen LogP contribution in [0, 0.1) is 0 Å². The Hall–Kier alpha value is -4.15. The van der Waals surface area contributed by atoms with E-state index in [1.807, 2.05) is 11.8 Å². The molecular formula is C35H53N11O8S2. The number of piperazine rings is 1. The van der Waals surface area contributed by atoms with Crippen LogP contribution >= 0.6 is 23.5 Å². The van der Waals surface area contributed by atoms with Crippen LogP contribution in [0.2, 0.25) is 0 Å². The van der Waals surface area contributed by atoms with E-state index < -0.39 is 5.91 Å². The number of methoxy groups -OCH3 is 2. The van der Waals surface area contributed by atoms with E-state index >= 15 is 0 Å². The van der Waals surface area contributed by atoms with E-state index in [0.717, 1.165) is 62.5 Å². The van der Waals surface area contributed by atoms with Crippen molar-refractivity contribution in [2.45, 2.75) is 53.1 Å². The van der Waals surface area contributed by atoms with Crippen molar-refractivity contribution in [1.82, 2.24) is 40.8 Å². The zero-order chi connectivity index (χ0) is 39.7. The van der Waals surface area contributed by atoms with Crippen LogP contribution in [0.3, 0.4) is 0 Å². The van der Waals surface area contributed by atoms with Gasteiger partial charge in [0.1, 0.15) is 16.5 Å². The summed E-state index contributed by atoms with van der Waals surface area (Å²) in [5.41, 5.74) is 5.94. The maximum atomic E-state index is 12.1. The number of rotatable bonds is 24. The molecule has 5 heterocycles. The Morgan fingerprint density at radius 3 is 2.38 bits per heavy atom. The van der Waals surface area contributed by atoms with Crippen LogP contribution in [-0.4, -0.2) is 159 Å². The van der Waals surface area contributed by atoms with Gasteiger partial charge in [0.2, 0.25) is 29.5 Å². The van der Waals surface area contributed by atoms with Crippen molar-refractivity contribution in [2.75, 3.05) is 115 Å². The van der Waals surface area contributed by atoms with Crippen molar-refractivity contribution in [2.24, 2.45) is 0 Å². The lowest BCUT2D eigenvalue weighted by Crippen LogP contribution is -2.48. The lowest BCUT2D eigenvalue weighted by Gasteiger charge is -2.34. The summed E-state index contributed by atoms with van der Waals surface area (Å²) >= 11 is 3.00. The van der Waals surface area contributed by atoms with Crippen molar-refractivity contribution in [3.05, 3.63) is 18.7 Å². The molecule has 3 saturated heterocycles. The number of nitrogen functional groups attached to an aromatic ring is 1.